The second kappa shape index (κ2) is 8.04. The summed E-state index contributed by atoms with van der Waals surface area (Å²) >= 11 is 3.71. The highest BCUT2D eigenvalue weighted by Crippen LogP contribution is 2.39. The number of hydrogen-bond acceptors (Lipinski definition) is 7. The van der Waals surface area contributed by atoms with Gasteiger partial charge in [-0.05, 0) is 19.8 Å². The molecule has 4 N–H and O–H groups in total. The molecule has 7 nitrogen and oxygen atoms in total. The summed E-state index contributed by atoms with van der Waals surface area (Å²) in [5.74, 6) is 2.88. The molecule has 0 aromatic heterocycles. The number of nitrogens with one attached hydrogen (secondary N) is 1. The van der Waals surface area contributed by atoms with Gasteiger partial charge in [-0.2, -0.15) is 11.8 Å². The van der Waals surface area contributed by atoms with Crippen LogP contribution in [0.25, 0.3) is 0 Å². The summed E-state index contributed by atoms with van der Waals surface area (Å²) in [6.07, 6.45) is 0.762. The van der Waals surface area contributed by atoms with E-state index in [0.29, 0.717) is 13.1 Å². The summed E-state index contributed by atoms with van der Waals surface area (Å²) in [6, 6.07) is -0.973. The van der Waals surface area contributed by atoms with Crippen molar-refractivity contribution >= 4 is 35.3 Å². The molecule has 3 aliphatic heterocycles. The molecule has 142 valence electrons. The molecule has 2 amide bonds. The Morgan fingerprint density at radius 3 is 2.44 bits per heavy atom. The summed E-state index contributed by atoms with van der Waals surface area (Å²) in [4.78, 5) is 28.6. The lowest BCUT2D eigenvalue weighted by atomic mass is 10.0. The molecule has 3 saturated heterocycles. The number of hydrogen-bond donors (Lipinski definition) is 3. The highest BCUT2D eigenvalue weighted by Gasteiger charge is 2.45. The van der Waals surface area contributed by atoms with Gasteiger partial charge in [0.2, 0.25) is 11.8 Å². The van der Waals surface area contributed by atoms with Gasteiger partial charge in [0, 0.05) is 43.4 Å². The lowest BCUT2D eigenvalue weighted by Crippen LogP contribution is -2.57. The molecule has 9 heteroatoms. The fraction of sp³-hybridized carbons (Fsp3) is 0.875. The van der Waals surface area contributed by atoms with Crippen LogP contribution < -0.4 is 11.1 Å². The Balaban J connectivity index is 1.52. The summed E-state index contributed by atoms with van der Waals surface area (Å²) in [7, 11) is 0. The van der Waals surface area contributed by atoms with E-state index in [1.165, 1.54) is 6.92 Å². The van der Waals surface area contributed by atoms with Gasteiger partial charge in [0.1, 0.15) is 6.04 Å². The Hall–Kier alpha value is -0.480. The molecule has 3 heterocycles. The quantitative estimate of drug-likeness (QED) is 0.588. The van der Waals surface area contributed by atoms with Crippen molar-refractivity contribution in [1.82, 2.24) is 15.1 Å². The van der Waals surface area contributed by atoms with Gasteiger partial charge >= 0.3 is 0 Å². The zero-order valence-electron chi connectivity index (χ0n) is 14.6. The number of piperidine rings is 1. The van der Waals surface area contributed by atoms with Crippen molar-refractivity contribution in [1.29, 1.82) is 0 Å². The number of rotatable bonds is 3. The fourth-order valence-electron chi connectivity index (χ4n) is 3.58. The molecule has 0 unspecified atom stereocenters. The number of aliphatic hydroxyl groups excluding tert-OH is 1. The molecule has 25 heavy (non-hydrogen) atoms. The second-order valence-corrected chi connectivity index (χ2v) is 9.66. The number of thioether (sulfide) groups is 2. The highest BCUT2D eigenvalue weighted by molar-refractivity contribution is 8.01. The van der Waals surface area contributed by atoms with E-state index in [-0.39, 0.29) is 22.7 Å². The van der Waals surface area contributed by atoms with E-state index in [2.05, 4.69) is 5.32 Å². The lowest BCUT2D eigenvalue weighted by molar-refractivity contribution is -0.137. The summed E-state index contributed by atoms with van der Waals surface area (Å²) in [6.45, 7) is 4.45. The van der Waals surface area contributed by atoms with E-state index in [0.717, 1.165) is 43.2 Å². The summed E-state index contributed by atoms with van der Waals surface area (Å²) < 4.78 is 0. The minimum atomic E-state index is -0.857. The Kier molecular flexibility index (Phi) is 6.20. The van der Waals surface area contributed by atoms with E-state index >= 15 is 0 Å². The molecule has 3 atom stereocenters. The van der Waals surface area contributed by atoms with Crippen LogP contribution >= 0.6 is 23.5 Å². The fourth-order valence-corrected chi connectivity index (χ4v) is 5.89. The average Bonchev–Trinajstić information content (AvgIpc) is 3.04. The second-order valence-electron chi connectivity index (χ2n) is 7.03. The Bertz CT molecular complexity index is 506. The van der Waals surface area contributed by atoms with Crippen LogP contribution in [-0.4, -0.2) is 93.2 Å². The van der Waals surface area contributed by atoms with Crippen molar-refractivity contribution in [3.8, 4) is 0 Å². The van der Waals surface area contributed by atoms with Crippen molar-refractivity contribution in [3.63, 3.8) is 0 Å². The van der Waals surface area contributed by atoms with Gasteiger partial charge in [-0.3, -0.25) is 14.9 Å². The van der Waals surface area contributed by atoms with Gasteiger partial charge < -0.3 is 20.6 Å². The van der Waals surface area contributed by atoms with Crippen LogP contribution in [0.5, 0.6) is 0 Å². The predicted octanol–water partition coefficient (Wildman–Crippen LogP) is -0.706. The molecule has 3 fully saturated rings. The van der Waals surface area contributed by atoms with E-state index in [1.54, 1.807) is 4.90 Å². The zero-order chi connectivity index (χ0) is 18.0. The largest absolute Gasteiger partial charge is 0.391 e. The third-order valence-corrected chi connectivity index (χ3v) is 7.79. The zero-order valence-corrected chi connectivity index (χ0v) is 16.3. The predicted molar refractivity (Wildman–Crippen MR) is 101 cm³/mol. The first-order valence-electron chi connectivity index (χ1n) is 8.92. The number of likely N-dealkylation sites (tertiary alicyclic amines) is 1. The van der Waals surface area contributed by atoms with Gasteiger partial charge in [0.15, 0.2) is 0 Å². The minimum absolute atomic E-state index is 0.115. The van der Waals surface area contributed by atoms with Crippen LogP contribution in [0.3, 0.4) is 0 Å². The van der Waals surface area contributed by atoms with Gasteiger partial charge in [0.25, 0.3) is 0 Å². The van der Waals surface area contributed by atoms with Crippen molar-refractivity contribution in [2.45, 2.75) is 42.8 Å². The van der Waals surface area contributed by atoms with Crippen molar-refractivity contribution in [2.75, 3.05) is 43.4 Å². The molecule has 0 saturated carbocycles. The number of nitrogens with zero attached hydrogens (tertiary/aromatic N) is 2. The maximum absolute atomic E-state index is 12.7. The molecular formula is C16H28N4O3S2. The van der Waals surface area contributed by atoms with Gasteiger partial charge in [0.05, 0.1) is 17.0 Å². The van der Waals surface area contributed by atoms with Crippen LogP contribution in [0.1, 0.15) is 19.8 Å². The standard InChI is InChI=1S/C16H28N4O3S2/c1-11(21)13(17)15(23)19-4-2-16(3-5-19)18-12(10-25-16)14(22)20-6-8-24-9-7-20/h11-13,18,21H,2-10,17H2,1H3/t11-,12+,13+/m1/s1. The monoisotopic (exact) mass is 388 g/mol. The van der Waals surface area contributed by atoms with Crippen LogP contribution in [0, 0.1) is 0 Å². The number of nitrogens with two attached hydrogens (primary N) is 1. The number of carbonyl (C=O) groups is 2. The summed E-state index contributed by atoms with van der Waals surface area (Å²) in [5, 5.41) is 13.1. The first-order valence-corrected chi connectivity index (χ1v) is 11.1. The van der Waals surface area contributed by atoms with Gasteiger partial charge in [-0.1, -0.05) is 0 Å². The third-order valence-electron chi connectivity index (χ3n) is 5.27. The van der Waals surface area contributed by atoms with E-state index < -0.39 is 12.1 Å². The normalized spacial score (nSPS) is 28.8. The number of amides is 2. The number of aliphatic hydroxyl groups is 1. The molecule has 0 aromatic carbocycles. The molecule has 0 bridgehead atoms. The SMILES string of the molecule is C[C@@H](O)[C@H](N)C(=O)N1CCC2(CC1)N[C@H](C(=O)N1CCSCC1)CS2. The molecule has 3 rings (SSSR count). The molecule has 0 aliphatic carbocycles. The van der Waals surface area contributed by atoms with Crippen molar-refractivity contribution in [3.05, 3.63) is 0 Å². The third kappa shape index (κ3) is 4.27. The Labute approximate surface area is 157 Å². The maximum Gasteiger partial charge on any atom is 0.242 e. The van der Waals surface area contributed by atoms with Crippen LogP contribution in [-0.2, 0) is 9.59 Å². The van der Waals surface area contributed by atoms with Crippen molar-refractivity contribution < 1.29 is 14.7 Å². The first-order chi connectivity index (χ1) is 11.9. The molecule has 1 spiro atoms. The summed E-state index contributed by atoms with van der Waals surface area (Å²) in [5.41, 5.74) is 5.77. The molecule has 0 radical (unpaired) electrons. The van der Waals surface area contributed by atoms with Gasteiger partial charge in [-0.25, -0.2) is 0 Å². The lowest BCUT2D eigenvalue weighted by Gasteiger charge is -2.40. The maximum atomic E-state index is 12.7. The average molecular weight is 389 g/mol. The Morgan fingerprint density at radius 2 is 1.84 bits per heavy atom. The minimum Gasteiger partial charge on any atom is -0.391 e. The van der Waals surface area contributed by atoms with Gasteiger partial charge in [-0.15, -0.1) is 11.8 Å². The topological polar surface area (TPSA) is 98.9 Å². The highest BCUT2D eigenvalue weighted by atomic mass is 32.2. The van der Waals surface area contributed by atoms with E-state index in [1.807, 2.05) is 28.4 Å². The van der Waals surface area contributed by atoms with E-state index in [4.69, 9.17) is 5.73 Å². The van der Waals surface area contributed by atoms with Crippen molar-refractivity contribution in [2.24, 2.45) is 5.73 Å². The smallest absolute Gasteiger partial charge is 0.242 e. The number of carbonyl (C=O) groups excluding carboxylic acids is 2. The molecule has 3 aliphatic rings. The Morgan fingerprint density at radius 1 is 1.20 bits per heavy atom. The van der Waals surface area contributed by atoms with Crippen LogP contribution in [0.2, 0.25) is 0 Å². The first kappa shape index (κ1) is 19.3. The van der Waals surface area contributed by atoms with Crippen LogP contribution in [0.4, 0.5) is 0 Å². The van der Waals surface area contributed by atoms with E-state index in [9.17, 15) is 14.7 Å². The molecular weight excluding hydrogens is 360 g/mol. The van der Waals surface area contributed by atoms with Crippen LogP contribution in [0.15, 0.2) is 0 Å². The molecule has 0 aromatic rings.